The summed E-state index contributed by atoms with van der Waals surface area (Å²) in [5, 5.41) is 4.81. The van der Waals surface area contributed by atoms with Crippen LogP contribution in [-0.4, -0.2) is 0 Å². The molecular weight excluding hydrogens is 687 g/mol. The van der Waals surface area contributed by atoms with E-state index < -0.39 is 0 Å². The summed E-state index contributed by atoms with van der Waals surface area (Å²) in [6.45, 7) is 0. The number of fused-ring (bicyclic) bond motifs is 2. The van der Waals surface area contributed by atoms with Gasteiger partial charge in [0.25, 0.3) is 0 Å². The fraction of sp³-hybridized carbons (Fsp3) is 0. The first-order valence-corrected chi connectivity index (χ1v) is 19.6. The molecular formula is C56H39N. The van der Waals surface area contributed by atoms with Gasteiger partial charge in [0, 0.05) is 16.5 Å². The maximum atomic E-state index is 2.44. The van der Waals surface area contributed by atoms with Gasteiger partial charge >= 0.3 is 0 Å². The Morgan fingerprint density at radius 1 is 0.211 bits per heavy atom. The molecule has 0 aromatic heterocycles. The first kappa shape index (κ1) is 34.0. The van der Waals surface area contributed by atoms with Gasteiger partial charge < -0.3 is 4.90 Å². The third-order valence-electron chi connectivity index (χ3n) is 11.1. The Kier molecular flexibility index (Phi) is 8.95. The van der Waals surface area contributed by atoms with Crippen LogP contribution in [0.15, 0.2) is 237 Å². The Morgan fingerprint density at radius 2 is 0.632 bits per heavy atom. The van der Waals surface area contributed by atoms with Gasteiger partial charge in [0.15, 0.2) is 0 Å². The highest BCUT2D eigenvalue weighted by molar-refractivity contribution is 6.10. The van der Waals surface area contributed by atoms with Crippen LogP contribution >= 0.6 is 0 Å². The van der Waals surface area contributed by atoms with Crippen molar-refractivity contribution in [3.05, 3.63) is 237 Å². The average molecular weight is 726 g/mol. The average Bonchev–Trinajstić information content (AvgIpc) is 3.30. The molecule has 0 radical (unpaired) electrons. The van der Waals surface area contributed by atoms with Crippen LogP contribution < -0.4 is 4.90 Å². The summed E-state index contributed by atoms with van der Waals surface area (Å²) in [5.74, 6) is 0. The highest BCUT2D eigenvalue weighted by Crippen LogP contribution is 2.47. The molecule has 0 bridgehead atoms. The van der Waals surface area contributed by atoms with E-state index in [1.807, 2.05) is 0 Å². The van der Waals surface area contributed by atoms with Crippen LogP contribution in [0.4, 0.5) is 17.1 Å². The summed E-state index contributed by atoms with van der Waals surface area (Å²) < 4.78 is 0. The van der Waals surface area contributed by atoms with Gasteiger partial charge in [-0.05, 0) is 90.7 Å². The Labute approximate surface area is 334 Å². The van der Waals surface area contributed by atoms with E-state index in [2.05, 4.69) is 241 Å². The lowest BCUT2D eigenvalue weighted by atomic mass is 9.85. The van der Waals surface area contributed by atoms with Crippen molar-refractivity contribution in [3.63, 3.8) is 0 Å². The van der Waals surface area contributed by atoms with Crippen LogP contribution in [0.1, 0.15) is 0 Å². The van der Waals surface area contributed by atoms with Crippen molar-refractivity contribution in [1.29, 1.82) is 0 Å². The van der Waals surface area contributed by atoms with E-state index in [1.54, 1.807) is 0 Å². The molecule has 57 heavy (non-hydrogen) atoms. The molecule has 0 atom stereocenters. The van der Waals surface area contributed by atoms with Gasteiger partial charge in [-0.2, -0.15) is 0 Å². The molecule has 10 aromatic rings. The zero-order valence-corrected chi connectivity index (χ0v) is 31.5. The van der Waals surface area contributed by atoms with Gasteiger partial charge in [-0.25, -0.2) is 0 Å². The van der Waals surface area contributed by atoms with Gasteiger partial charge in [0.05, 0.1) is 11.4 Å². The molecule has 0 fully saturated rings. The second-order valence-electron chi connectivity index (χ2n) is 14.4. The predicted molar refractivity (Wildman–Crippen MR) is 243 cm³/mol. The molecule has 1 nitrogen and oxygen atoms in total. The molecule has 0 saturated heterocycles. The van der Waals surface area contributed by atoms with Crippen molar-refractivity contribution in [2.45, 2.75) is 0 Å². The van der Waals surface area contributed by atoms with Crippen molar-refractivity contribution in [3.8, 4) is 55.6 Å². The maximum Gasteiger partial charge on any atom is 0.0540 e. The minimum absolute atomic E-state index is 1.11. The fourth-order valence-corrected chi connectivity index (χ4v) is 8.45. The molecule has 10 aromatic carbocycles. The first-order chi connectivity index (χ1) is 28.3. The third kappa shape index (κ3) is 6.36. The lowest BCUT2D eigenvalue weighted by Gasteiger charge is -2.29. The molecule has 0 N–H and O–H groups in total. The van der Waals surface area contributed by atoms with Crippen LogP contribution in [0.2, 0.25) is 0 Å². The van der Waals surface area contributed by atoms with Gasteiger partial charge in [0.2, 0.25) is 0 Å². The van der Waals surface area contributed by atoms with Crippen LogP contribution in [0.3, 0.4) is 0 Å². The van der Waals surface area contributed by atoms with Gasteiger partial charge in [-0.15, -0.1) is 0 Å². The SMILES string of the molecule is c1ccc(-c2ccc(N(c3cccc4ccccc34)c3ccc(-c4ccccc4-c4ccccc4-c4ccccc4-c4ccccc4)c4ccccc34)cc2)cc1. The summed E-state index contributed by atoms with van der Waals surface area (Å²) in [7, 11) is 0. The van der Waals surface area contributed by atoms with E-state index in [0.29, 0.717) is 0 Å². The monoisotopic (exact) mass is 725 g/mol. The Hall–Kier alpha value is -7.48. The van der Waals surface area contributed by atoms with Crippen molar-refractivity contribution >= 4 is 38.6 Å². The Morgan fingerprint density at radius 3 is 1.26 bits per heavy atom. The number of anilines is 3. The normalized spacial score (nSPS) is 11.2. The van der Waals surface area contributed by atoms with Gasteiger partial charge in [-0.1, -0.05) is 212 Å². The summed E-state index contributed by atoms with van der Waals surface area (Å²) in [5.41, 5.74) is 15.5. The molecule has 268 valence electrons. The molecule has 0 aliphatic carbocycles. The van der Waals surface area contributed by atoms with E-state index >= 15 is 0 Å². The zero-order valence-electron chi connectivity index (χ0n) is 31.5. The molecule has 0 saturated carbocycles. The highest BCUT2D eigenvalue weighted by atomic mass is 15.1. The molecule has 1 heteroatoms. The van der Waals surface area contributed by atoms with Gasteiger partial charge in [0.1, 0.15) is 0 Å². The van der Waals surface area contributed by atoms with E-state index in [4.69, 9.17) is 0 Å². The quantitative estimate of drug-likeness (QED) is 0.151. The summed E-state index contributed by atoms with van der Waals surface area (Å²) >= 11 is 0. The Balaban J connectivity index is 1.15. The molecule has 0 heterocycles. The van der Waals surface area contributed by atoms with E-state index in [9.17, 15) is 0 Å². The number of nitrogens with zero attached hydrogens (tertiary/aromatic N) is 1. The molecule has 0 aliphatic rings. The lowest BCUT2D eigenvalue weighted by Crippen LogP contribution is -2.11. The first-order valence-electron chi connectivity index (χ1n) is 19.6. The third-order valence-corrected chi connectivity index (χ3v) is 11.1. The minimum Gasteiger partial charge on any atom is -0.309 e. The second-order valence-corrected chi connectivity index (χ2v) is 14.4. The maximum absolute atomic E-state index is 2.44. The molecule has 0 unspecified atom stereocenters. The number of hydrogen-bond acceptors (Lipinski definition) is 1. The topological polar surface area (TPSA) is 3.24 Å². The van der Waals surface area contributed by atoms with Crippen LogP contribution in [-0.2, 0) is 0 Å². The highest BCUT2D eigenvalue weighted by Gasteiger charge is 2.21. The Bertz CT molecular complexity index is 2990. The molecule has 0 aliphatic heterocycles. The van der Waals surface area contributed by atoms with Crippen molar-refractivity contribution < 1.29 is 0 Å². The largest absolute Gasteiger partial charge is 0.309 e. The fourth-order valence-electron chi connectivity index (χ4n) is 8.45. The standard InChI is InChI=1S/C56H39N/c1-3-18-40(19-4-1)41-34-36-44(37-35-41)57(55-33-17-23-43-22-7-8-25-46(43)55)56-39-38-53(52-31-15-16-32-54(52)56)51-30-14-13-29-50(51)49-28-12-11-27-48(49)47-26-10-9-24-45(47)42-20-5-2-6-21-42/h1-39H. The second kappa shape index (κ2) is 15.0. The van der Waals surface area contributed by atoms with Crippen molar-refractivity contribution in [2.75, 3.05) is 4.90 Å². The lowest BCUT2D eigenvalue weighted by molar-refractivity contribution is 1.31. The molecule has 0 spiro atoms. The number of rotatable bonds is 8. The zero-order chi connectivity index (χ0) is 38.0. The molecule has 0 amide bonds. The van der Waals surface area contributed by atoms with E-state index in [1.165, 1.54) is 77.2 Å². The summed E-state index contributed by atoms with van der Waals surface area (Å²) in [6.07, 6.45) is 0. The predicted octanol–water partition coefficient (Wildman–Crippen LogP) is 15.8. The van der Waals surface area contributed by atoms with E-state index in [-0.39, 0.29) is 0 Å². The minimum atomic E-state index is 1.11. The number of benzene rings is 10. The van der Waals surface area contributed by atoms with Crippen molar-refractivity contribution in [2.24, 2.45) is 0 Å². The summed E-state index contributed by atoms with van der Waals surface area (Å²) in [4.78, 5) is 2.44. The van der Waals surface area contributed by atoms with Crippen molar-refractivity contribution in [1.82, 2.24) is 0 Å². The van der Waals surface area contributed by atoms with Gasteiger partial charge in [-0.3, -0.25) is 0 Å². The van der Waals surface area contributed by atoms with Crippen LogP contribution in [0.25, 0.3) is 77.2 Å². The van der Waals surface area contributed by atoms with E-state index in [0.717, 1.165) is 17.1 Å². The smallest absolute Gasteiger partial charge is 0.0540 e. The molecule has 10 rings (SSSR count). The van der Waals surface area contributed by atoms with Crippen LogP contribution in [0, 0.1) is 0 Å². The number of hydrogen-bond donors (Lipinski definition) is 0. The van der Waals surface area contributed by atoms with Crippen LogP contribution in [0.5, 0.6) is 0 Å². The summed E-state index contributed by atoms with van der Waals surface area (Å²) in [6, 6.07) is 85.6.